The Balaban J connectivity index is 1.88. The van der Waals surface area contributed by atoms with E-state index in [4.69, 9.17) is 10.5 Å². The minimum Gasteiger partial charge on any atom is -0.382 e. The number of hydrogen-bond acceptors (Lipinski definition) is 4. The molecule has 1 aromatic heterocycles. The van der Waals surface area contributed by atoms with Gasteiger partial charge in [0.25, 0.3) is 0 Å². The maximum atomic E-state index is 5.63. The smallest absolute Gasteiger partial charge is 0.145 e. The number of aromatic nitrogens is 2. The van der Waals surface area contributed by atoms with Crippen molar-refractivity contribution in [1.29, 1.82) is 0 Å². The van der Waals surface area contributed by atoms with Crippen LogP contribution in [0.4, 0.5) is 11.5 Å². The van der Waals surface area contributed by atoms with Gasteiger partial charge in [-0.25, -0.2) is 0 Å². The van der Waals surface area contributed by atoms with Crippen LogP contribution in [0.5, 0.6) is 0 Å². The second kappa shape index (κ2) is 4.70. The van der Waals surface area contributed by atoms with E-state index in [0.717, 1.165) is 37.6 Å². The molecule has 5 nitrogen and oxygen atoms in total. The molecule has 0 unspecified atom stereocenters. The van der Waals surface area contributed by atoms with E-state index < -0.39 is 0 Å². The number of rotatable bonds is 2. The summed E-state index contributed by atoms with van der Waals surface area (Å²) in [5.74, 6) is 0.516. The van der Waals surface area contributed by atoms with Crippen molar-refractivity contribution in [2.45, 2.75) is 0 Å². The molecule has 0 radical (unpaired) electrons. The van der Waals surface area contributed by atoms with Crippen molar-refractivity contribution in [2.75, 3.05) is 36.9 Å². The number of nitrogens with zero attached hydrogens (tertiary/aromatic N) is 2. The van der Waals surface area contributed by atoms with Crippen LogP contribution in [-0.2, 0) is 4.74 Å². The lowest BCUT2D eigenvalue weighted by molar-refractivity contribution is 0.122. The molecule has 2 heterocycles. The molecule has 0 atom stereocenters. The van der Waals surface area contributed by atoms with Crippen LogP contribution in [0, 0.1) is 0 Å². The molecule has 0 spiro atoms. The number of benzene rings is 1. The lowest BCUT2D eigenvalue weighted by Gasteiger charge is -2.29. The number of H-pyrrole nitrogens is 1. The van der Waals surface area contributed by atoms with Crippen molar-refractivity contribution in [1.82, 2.24) is 10.2 Å². The maximum Gasteiger partial charge on any atom is 0.145 e. The molecule has 1 aliphatic heterocycles. The molecule has 3 N–H and O–H groups in total. The minimum atomic E-state index is 0.516. The summed E-state index contributed by atoms with van der Waals surface area (Å²) in [7, 11) is 0. The summed E-state index contributed by atoms with van der Waals surface area (Å²) in [4.78, 5) is 2.33. The highest BCUT2D eigenvalue weighted by Gasteiger charge is 2.12. The van der Waals surface area contributed by atoms with Crippen LogP contribution in [0.15, 0.2) is 30.3 Å². The highest BCUT2D eigenvalue weighted by atomic mass is 16.5. The van der Waals surface area contributed by atoms with Gasteiger partial charge in [-0.3, -0.25) is 5.10 Å². The summed E-state index contributed by atoms with van der Waals surface area (Å²) in [6.07, 6.45) is 0. The van der Waals surface area contributed by atoms with E-state index in [1.165, 1.54) is 5.69 Å². The lowest BCUT2D eigenvalue weighted by atomic mass is 10.1. The molecule has 0 aliphatic carbocycles. The molecule has 0 saturated carbocycles. The van der Waals surface area contributed by atoms with E-state index in [-0.39, 0.29) is 0 Å². The number of ether oxygens (including phenoxy) is 1. The van der Waals surface area contributed by atoms with Crippen LogP contribution < -0.4 is 10.6 Å². The van der Waals surface area contributed by atoms with Gasteiger partial charge >= 0.3 is 0 Å². The Morgan fingerprint density at radius 1 is 1.22 bits per heavy atom. The van der Waals surface area contributed by atoms with Crippen molar-refractivity contribution in [3.05, 3.63) is 30.3 Å². The zero-order chi connectivity index (χ0) is 12.4. The zero-order valence-electron chi connectivity index (χ0n) is 10.1. The van der Waals surface area contributed by atoms with Gasteiger partial charge in [-0.15, -0.1) is 0 Å². The van der Waals surface area contributed by atoms with Crippen LogP contribution in [0.1, 0.15) is 0 Å². The Labute approximate surface area is 106 Å². The van der Waals surface area contributed by atoms with Crippen LogP contribution >= 0.6 is 0 Å². The molecule has 1 fully saturated rings. The monoisotopic (exact) mass is 244 g/mol. The third-order valence-corrected chi connectivity index (χ3v) is 3.13. The quantitative estimate of drug-likeness (QED) is 0.840. The number of nitrogens with one attached hydrogen (secondary N) is 1. The van der Waals surface area contributed by atoms with Crippen molar-refractivity contribution < 1.29 is 4.74 Å². The first-order valence-electron chi connectivity index (χ1n) is 6.07. The van der Waals surface area contributed by atoms with E-state index in [0.29, 0.717) is 5.82 Å². The van der Waals surface area contributed by atoms with E-state index in [2.05, 4.69) is 39.4 Å². The van der Waals surface area contributed by atoms with Crippen LogP contribution in [0.2, 0.25) is 0 Å². The first-order valence-corrected chi connectivity index (χ1v) is 6.07. The first-order chi connectivity index (χ1) is 8.83. The number of aromatic amines is 1. The highest BCUT2D eigenvalue weighted by molar-refractivity contribution is 5.67. The summed E-state index contributed by atoms with van der Waals surface area (Å²) in [6.45, 7) is 3.46. The Hall–Kier alpha value is -2.01. The van der Waals surface area contributed by atoms with Gasteiger partial charge in [0, 0.05) is 30.4 Å². The Morgan fingerprint density at radius 2 is 2.06 bits per heavy atom. The van der Waals surface area contributed by atoms with Crippen LogP contribution in [0.3, 0.4) is 0 Å². The molecule has 3 rings (SSSR count). The minimum absolute atomic E-state index is 0.516. The predicted octanol–water partition coefficient (Wildman–Crippen LogP) is 1.50. The normalized spacial score (nSPS) is 15.9. The Morgan fingerprint density at radius 3 is 2.78 bits per heavy atom. The van der Waals surface area contributed by atoms with Gasteiger partial charge in [-0.1, -0.05) is 12.1 Å². The predicted molar refractivity (Wildman–Crippen MR) is 71.5 cm³/mol. The molecule has 2 aromatic rings. The number of nitrogens with two attached hydrogens (primary N) is 1. The molecule has 94 valence electrons. The second-order valence-corrected chi connectivity index (χ2v) is 4.36. The molecule has 0 amide bonds. The number of morpholine rings is 1. The fourth-order valence-corrected chi connectivity index (χ4v) is 2.18. The van der Waals surface area contributed by atoms with Crippen LogP contribution in [0.25, 0.3) is 11.3 Å². The van der Waals surface area contributed by atoms with E-state index in [9.17, 15) is 0 Å². The molecular formula is C13H16N4O. The average Bonchev–Trinajstić information content (AvgIpc) is 2.87. The van der Waals surface area contributed by atoms with Crippen molar-refractivity contribution in [3.63, 3.8) is 0 Å². The topological polar surface area (TPSA) is 67.2 Å². The third-order valence-electron chi connectivity index (χ3n) is 3.13. The lowest BCUT2D eigenvalue weighted by Crippen LogP contribution is -2.36. The van der Waals surface area contributed by atoms with Gasteiger partial charge in [0.15, 0.2) is 0 Å². The van der Waals surface area contributed by atoms with Gasteiger partial charge in [-0.2, -0.15) is 5.10 Å². The summed E-state index contributed by atoms with van der Waals surface area (Å²) in [5, 5.41) is 6.89. The number of nitrogen functional groups attached to an aromatic ring is 1. The highest BCUT2D eigenvalue weighted by Crippen LogP contribution is 2.24. The van der Waals surface area contributed by atoms with Crippen molar-refractivity contribution >= 4 is 11.5 Å². The van der Waals surface area contributed by atoms with Gasteiger partial charge in [-0.05, 0) is 12.1 Å². The number of anilines is 2. The summed E-state index contributed by atoms with van der Waals surface area (Å²) in [5.41, 5.74) is 8.89. The largest absolute Gasteiger partial charge is 0.382 e. The van der Waals surface area contributed by atoms with Crippen molar-refractivity contribution in [2.24, 2.45) is 0 Å². The van der Waals surface area contributed by atoms with Crippen molar-refractivity contribution in [3.8, 4) is 11.3 Å². The molecular weight excluding hydrogens is 228 g/mol. The van der Waals surface area contributed by atoms with E-state index in [1.54, 1.807) is 0 Å². The molecule has 18 heavy (non-hydrogen) atoms. The summed E-state index contributed by atoms with van der Waals surface area (Å²) < 4.78 is 5.37. The van der Waals surface area contributed by atoms with Gasteiger partial charge in [0.2, 0.25) is 0 Å². The van der Waals surface area contributed by atoms with Gasteiger partial charge < -0.3 is 15.4 Å². The average molecular weight is 244 g/mol. The number of hydrogen-bond donors (Lipinski definition) is 2. The Kier molecular flexibility index (Phi) is 2.90. The Bertz CT molecular complexity index is 531. The van der Waals surface area contributed by atoms with Crippen LogP contribution in [-0.4, -0.2) is 36.5 Å². The summed E-state index contributed by atoms with van der Waals surface area (Å²) >= 11 is 0. The second-order valence-electron chi connectivity index (χ2n) is 4.36. The molecule has 1 saturated heterocycles. The maximum absolute atomic E-state index is 5.63. The van der Waals surface area contributed by atoms with E-state index >= 15 is 0 Å². The third kappa shape index (κ3) is 2.17. The van der Waals surface area contributed by atoms with Gasteiger partial charge in [0.05, 0.1) is 18.9 Å². The SMILES string of the molecule is Nc1cc(-c2cccc(N3CCOCC3)c2)[nH]n1. The molecule has 0 bridgehead atoms. The van der Waals surface area contributed by atoms with Gasteiger partial charge in [0.1, 0.15) is 5.82 Å². The zero-order valence-corrected chi connectivity index (χ0v) is 10.1. The molecule has 5 heteroatoms. The van der Waals surface area contributed by atoms with E-state index in [1.807, 2.05) is 6.07 Å². The fraction of sp³-hybridized carbons (Fsp3) is 0.308. The summed E-state index contributed by atoms with van der Waals surface area (Å²) in [6, 6.07) is 10.2. The first kappa shape index (κ1) is 11.1. The standard InChI is InChI=1S/C13H16N4O/c14-13-9-12(15-16-13)10-2-1-3-11(8-10)17-4-6-18-7-5-17/h1-3,8-9H,4-7H2,(H3,14,15,16). The molecule has 1 aliphatic rings. The molecule has 1 aromatic carbocycles. The fourth-order valence-electron chi connectivity index (χ4n) is 2.18.